The van der Waals surface area contributed by atoms with Gasteiger partial charge in [0.1, 0.15) is 0 Å². The van der Waals surface area contributed by atoms with E-state index in [0.717, 1.165) is 11.1 Å². The van der Waals surface area contributed by atoms with Gasteiger partial charge in [-0.05, 0) is 24.6 Å². The first kappa shape index (κ1) is 13.9. The highest BCUT2D eigenvalue weighted by molar-refractivity contribution is 5.87. The molecule has 20 heavy (non-hydrogen) atoms. The summed E-state index contributed by atoms with van der Waals surface area (Å²) < 4.78 is 12.3. The van der Waals surface area contributed by atoms with Crippen LogP contribution in [0.5, 0.6) is 11.5 Å². The van der Waals surface area contributed by atoms with Gasteiger partial charge in [0.15, 0.2) is 17.2 Å². The molecule has 0 saturated heterocycles. The molecule has 1 N–H and O–H groups in total. The summed E-state index contributed by atoms with van der Waals surface area (Å²) in [6.45, 7) is 1.91. The minimum atomic E-state index is -1.06. The average Bonchev–Trinajstić information content (AvgIpc) is 2.80. The molecule has 0 saturated carbocycles. The minimum absolute atomic E-state index is 0.0101. The summed E-state index contributed by atoms with van der Waals surface area (Å²) in [6.07, 6.45) is 0. The van der Waals surface area contributed by atoms with Gasteiger partial charge in [-0.1, -0.05) is 6.07 Å². The lowest BCUT2D eigenvalue weighted by Gasteiger charge is -2.14. The Morgan fingerprint density at radius 3 is 2.40 bits per heavy atom. The highest BCUT2D eigenvalue weighted by Gasteiger charge is 2.19. The third kappa shape index (κ3) is 2.20. The lowest BCUT2D eigenvalue weighted by molar-refractivity contribution is 0.0689. The van der Waals surface area contributed by atoms with Crippen molar-refractivity contribution in [3.8, 4) is 22.8 Å². The Morgan fingerprint density at radius 1 is 1.25 bits per heavy atom. The summed E-state index contributed by atoms with van der Waals surface area (Å²) in [5, 5.41) is 13.0. The molecule has 0 radical (unpaired) electrons. The number of carbonyl (C=O) groups is 1. The second kappa shape index (κ2) is 5.24. The van der Waals surface area contributed by atoms with E-state index in [1.807, 2.05) is 19.1 Å². The minimum Gasteiger partial charge on any atom is -0.493 e. The van der Waals surface area contributed by atoms with Crippen molar-refractivity contribution in [3.63, 3.8) is 0 Å². The largest absolute Gasteiger partial charge is 0.493 e. The quantitative estimate of drug-likeness (QED) is 0.925. The second-order valence-corrected chi connectivity index (χ2v) is 4.34. The van der Waals surface area contributed by atoms with Gasteiger partial charge in [0.25, 0.3) is 0 Å². The predicted octanol–water partition coefficient (Wildman–Crippen LogP) is 2.11. The molecule has 6 heteroatoms. The van der Waals surface area contributed by atoms with Gasteiger partial charge in [-0.3, -0.25) is 4.68 Å². The lowest BCUT2D eigenvalue weighted by atomic mass is 10.1. The Balaban J connectivity index is 2.66. The van der Waals surface area contributed by atoms with Crippen LogP contribution in [-0.4, -0.2) is 35.1 Å². The van der Waals surface area contributed by atoms with E-state index in [1.165, 1.54) is 10.7 Å². The number of carboxylic acids is 1. The molecule has 0 bridgehead atoms. The highest BCUT2D eigenvalue weighted by Crippen LogP contribution is 2.40. The Labute approximate surface area is 116 Å². The Bertz CT molecular complexity index is 661. The molecule has 0 aliphatic carbocycles. The summed E-state index contributed by atoms with van der Waals surface area (Å²) in [7, 11) is 4.81. The molecule has 0 spiro atoms. The molecule has 106 valence electrons. The van der Waals surface area contributed by atoms with Crippen LogP contribution in [-0.2, 0) is 7.05 Å². The zero-order valence-corrected chi connectivity index (χ0v) is 11.8. The fraction of sp³-hybridized carbons (Fsp3) is 0.286. The summed E-state index contributed by atoms with van der Waals surface area (Å²) in [6, 6.07) is 5.26. The molecule has 2 rings (SSSR count). The first-order valence-electron chi connectivity index (χ1n) is 5.98. The van der Waals surface area contributed by atoms with Crippen molar-refractivity contribution in [3.05, 3.63) is 29.5 Å². The number of hydrogen-bond donors (Lipinski definition) is 1. The van der Waals surface area contributed by atoms with Crippen LogP contribution in [0.3, 0.4) is 0 Å². The summed E-state index contributed by atoms with van der Waals surface area (Å²) >= 11 is 0. The number of aryl methyl sites for hydroxylation is 2. The molecule has 0 aliphatic rings. The number of carboxylic acid groups (broad SMARTS) is 1. The SMILES string of the molecule is COc1c(C)ccc(-c2cc(C(=O)O)nn2C)c1OC. The molecule has 0 atom stereocenters. The topological polar surface area (TPSA) is 73.6 Å². The molecule has 1 aromatic heterocycles. The molecule has 0 aliphatic heterocycles. The van der Waals surface area contributed by atoms with E-state index in [0.29, 0.717) is 17.2 Å². The number of aromatic carboxylic acids is 1. The van der Waals surface area contributed by atoms with Crippen molar-refractivity contribution in [1.82, 2.24) is 9.78 Å². The Morgan fingerprint density at radius 2 is 1.90 bits per heavy atom. The van der Waals surface area contributed by atoms with Gasteiger partial charge in [0.05, 0.1) is 19.9 Å². The smallest absolute Gasteiger partial charge is 0.356 e. The first-order valence-corrected chi connectivity index (χ1v) is 5.98. The van der Waals surface area contributed by atoms with Gasteiger partial charge in [-0.2, -0.15) is 5.10 Å². The molecular formula is C14H16N2O4. The summed E-state index contributed by atoms with van der Waals surface area (Å²) in [4.78, 5) is 11.0. The van der Waals surface area contributed by atoms with Crippen LogP contribution >= 0.6 is 0 Å². The van der Waals surface area contributed by atoms with Gasteiger partial charge in [0.2, 0.25) is 0 Å². The predicted molar refractivity (Wildman–Crippen MR) is 73.4 cm³/mol. The number of benzene rings is 1. The monoisotopic (exact) mass is 276 g/mol. The number of aromatic nitrogens is 2. The standard InChI is InChI=1S/C14H16N2O4/c1-8-5-6-9(13(20-4)12(8)19-3)11-7-10(14(17)18)15-16(11)2/h5-7H,1-4H3,(H,17,18). The van der Waals surface area contributed by atoms with Gasteiger partial charge < -0.3 is 14.6 Å². The van der Waals surface area contributed by atoms with Crippen LogP contribution in [0.15, 0.2) is 18.2 Å². The van der Waals surface area contributed by atoms with Crippen LogP contribution in [0, 0.1) is 6.92 Å². The Hall–Kier alpha value is -2.50. The normalized spacial score (nSPS) is 10.4. The maximum atomic E-state index is 11.0. The van der Waals surface area contributed by atoms with Crippen molar-refractivity contribution in [2.45, 2.75) is 6.92 Å². The van der Waals surface area contributed by atoms with E-state index < -0.39 is 5.97 Å². The van der Waals surface area contributed by atoms with Crippen molar-refractivity contribution >= 4 is 5.97 Å². The first-order chi connectivity index (χ1) is 9.49. The van der Waals surface area contributed by atoms with Crippen LogP contribution < -0.4 is 9.47 Å². The molecule has 0 unspecified atom stereocenters. The van der Waals surface area contributed by atoms with Gasteiger partial charge in [-0.15, -0.1) is 0 Å². The molecule has 0 fully saturated rings. The van der Waals surface area contributed by atoms with Crippen LogP contribution in [0.2, 0.25) is 0 Å². The fourth-order valence-corrected chi connectivity index (χ4v) is 2.14. The van der Waals surface area contributed by atoms with E-state index in [9.17, 15) is 4.79 Å². The summed E-state index contributed by atoms with van der Waals surface area (Å²) in [5.74, 6) is 0.125. The van der Waals surface area contributed by atoms with E-state index in [2.05, 4.69) is 5.10 Å². The third-order valence-corrected chi connectivity index (χ3v) is 3.09. The lowest BCUT2D eigenvalue weighted by Crippen LogP contribution is -2.00. The zero-order valence-electron chi connectivity index (χ0n) is 11.8. The van der Waals surface area contributed by atoms with Gasteiger partial charge in [0, 0.05) is 12.6 Å². The van der Waals surface area contributed by atoms with Gasteiger partial charge in [-0.25, -0.2) is 4.79 Å². The number of nitrogens with zero attached hydrogens (tertiary/aromatic N) is 2. The third-order valence-electron chi connectivity index (χ3n) is 3.09. The van der Waals surface area contributed by atoms with E-state index in [-0.39, 0.29) is 5.69 Å². The molecule has 1 aromatic carbocycles. The van der Waals surface area contributed by atoms with E-state index in [1.54, 1.807) is 21.3 Å². The average molecular weight is 276 g/mol. The summed E-state index contributed by atoms with van der Waals surface area (Å²) in [5.41, 5.74) is 2.31. The van der Waals surface area contributed by atoms with E-state index in [4.69, 9.17) is 14.6 Å². The van der Waals surface area contributed by atoms with Crippen LogP contribution in [0.25, 0.3) is 11.3 Å². The van der Waals surface area contributed by atoms with Crippen molar-refractivity contribution in [2.24, 2.45) is 7.05 Å². The molecule has 0 amide bonds. The molecule has 1 heterocycles. The number of ether oxygens (including phenoxy) is 2. The number of rotatable bonds is 4. The number of methoxy groups -OCH3 is 2. The Kier molecular flexibility index (Phi) is 3.65. The van der Waals surface area contributed by atoms with Crippen LogP contribution in [0.1, 0.15) is 16.1 Å². The van der Waals surface area contributed by atoms with Crippen LogP contribution in [0.4, 0.5) is 0 Å². The molecule has 2 aromatic rings. The van der Waals surface area contributed by atoms with Gasteiger partial charge >= 0.3 is 5.97 Å². The maximum absolute atomic E-state index is 11.0. The van der Waals surface area contributed by atoms with Crippen molar-refractivity contribution < 1.29 is 19.4 Å². The van der Waals surface area contributed by atoms with Crippen molar-refractivity contribution in [2.75, 3.05) is 14.2 Å². The maximum Gasteiger partial charge on any atom is 0.356 e. The number of hydrogen-bond acceptors (Lipinski definition) is 4. The zero-order chi connectivity index (χ0) is 14.9. The fourth-order valence-electron chi connectivity index (χ4n) is 2.14. The molecular weight excluding hydrogens is 260 g/mol. The molecule has 6 nitrogen and oxygen atoms in total. The second-order valence-electron chi connectivity index (χ2n) is 4.34. The highest BCUT2D eigenvalue weighted by atomic mass is 16.5. The van der Waals surface area contributed by atoms with E-state index >= 15 is 0 Å². The van der Waals surface area contributed by atoms with Crippen molar-refractivity contribution in [1.29, 1.82) is 0 Å².